The molecule has 0 aromatic heterocycles. The lowest BCUT2D eigenvalue weighted by molar-refractivity contribution is 0.102. The number of anilines is 1. The van der Waals surface area contributed by atoms with E-state index in [9.17, 15) is 4.79 Å². The highest BCUT2D eigenvalue weighted by atomic mass is 127. The van der Waals surface area contributed by atoms with Crippen molar-refractivity contribution in [2.45, 2.75) is 20.3 Å². The third-order valence-corrected chi connectivity index (χ3v) is 4.36. The van der Waals surface area contributed by atoms with E-state index in [-0.39, 0.29) is 5.91 Å². The van der Waals surface area contributed by atoms with Gasteiger partial charge in [-0.05, 0) is 82.2 Å². The first kappa shape index (κ1) is 19.1. The van der Waals surface area contributed by atoms with E-state index in [1.807, 2.05) is 38.1 Å². The summed E-state index contributed by atoms with van der Waals surface area (Å²) in [6.45, 7) is 5.02. The number of halogens is 2. The lowest BCUT2D eigenvalue weighted by Crippen LogP contribution is -2.13. The number of amides is 1. The van der Waals surface area contributed by atoms with Gasteiger partial charge in [0, 0.05) is 14.8 Å². The third kappa shape index (κ3) is 5.11. The summed E-state index contributed by atoms with van der Waals surface area (Å²) in [5.74, 6) is 0.998. The molecule has 0 aliphatic heterocycles. The van der Waals surface area contributed by atoms with Crippen LogP contribution in [0, 0.1) is 3.57 Å². The predicted octanol–water partition coefficient (Wildman–Crippen LogP) is 5.49. The number of hydrogen-bond donors (Lipinski definition) is 1. The summed E-state index contributed by atoms with van der Waals surface area (Å²) in [7, 11) is 0. The molecule has 0 saturated carbocycles. The number of rotatable bonds is 7. The molecular formula is C18H19BrINO3. The maximum atomic E-state index is 12.5. The van der Waals surface area contributed by atoms with Crippen LogP contribution in [0.1, 0.15) is 30.6 Å². The molecule has 0 unspecified atom stereocenters. The molecule has 1 amide bonds. The molecule has 0 saturated heterocycles. The van der Waals surface area contributed by atoms with Crippen LogP contribution in [0.3, 0.4) is 0 Å². The minimum atomic E-state index is -0.194. The number of carbonyl (C=O) groups excluding carboxylic acids is 1. The minimum absolute atomic E-state index is 0.194. The summed E-state index contributed by atoms with van der Waals surface area (Å²) in [5, 5.41) is 2.90. The van der Waals surface area contributed by atoms with Gasteiger partial charge >= 0.3 is 0 Å². The van der Waals surface area contributed by atoms with E-state index in [0.717, 1.165) is 15.7 Å². The second kappa shape index (κ2) is 9.27. The van der Waals surface area contributed by atoms with E-state index in [4.69, 9.17) is 9.47 Å². The molecule has 0 aliphatic carbocycles. The Morgan fingerprint density at radius 2 is 2.00 bits per heavy atom. The van der Waals surface area contributed by atoms with Crippen molar-refractivity contribution in [1.29, 1.82) is 0 Å². The number of nitrogens with one attached hydrogen (secondary N) is 1. The summed E-state index contributed by atoms with van der Waals surface area (Å²) < 4.78 is 13.1. The monoisotopic (exact) mass is 503 g/mol. The quantitative estimate of drug-likeness (QED) is 0.508. The van der Waals surface area contributed by atoms with Gasteiger partial charge in [-0.1, -0.05) is 13.0 Å². The van der Waals surface area contributed by atoms with Gasteiger partial charge in [0.2, 0.25) is 0 Å². The first-order valence-electron chi connectivity index (χ1n) is 7.71. The summed E-state index contributed by atoms with van der Waals surface area (Å²) in [4.78, 5) is 12.5. The van der Waals surface area contributed by atoms with Gasteiger partial charge in [0.15, 0.2) is 11.5 Å². The zero-order chi connectivity index (χ0) is 17.5. The molecule has 2 aromatic rings. The fourth-order valence-electron chi connectivity index (χ4n) is 2.08. The second-order valence-corrected chi connectivity index (χ2v) is 7.13. The van der Waals surface area contributed by atoms with Crippen molar-refractivity contribution in [2.24, 2.45) is 0 Å². The van der Waals surface area contributed by atoms with Crippen molar-refractivity contribution in [3.05, 3.63) is 50.0 Å². The second-order valence-electron chi connectivity index (χ2n) is 5.03. The molecule has 6 heteroatoms. The molecule has 0 heterocycles. The van der Waals surface area contributed by atoms with E-state index in [2.05, 4.69) is 43.8 Å². The van der Waals surface area contributed by atoms with Gasteiger partial charge < -0.3 is 14.8 Å². The third-order valence-electron chi connectivity index (χ3n) is 3.10. The van der Waals surface area contributed by atoms with Gasteiger partial charge in [0.25, 0.3) is 5.91 Å². The van der Waals surface area contributed by atoms with Crippen LogP contribution in [-0.4, -0.2) is 19.1 Å². The Hall–Kier alpha value is -1.28. The maximum absolute atomic E-state index is 12.5. The van der Waals surface area contributed by atoms with Gasteiger partial charge in [0.1, 0.15) is 0 Å². The SMILES string of the molecule is CCCOc1c(Br)cc(C(=O)Nc2cccc(I)c2)cc1OCC. The molecule has 4 nitrogen and oxygen atoms in total. The van der Waals surface area contributed by atoms with E-state index < -0.39 is 0 Å². The highest BCUT2D eigenvalue weighted by Gasteiger charge is 2.16. The standard InChI is InChI=1S/C18H19BrINO3/c1-3-8-24-17-15(19)9-12(10-16(17)23-4-2)18(22)21-14-7-5-6-13(20)11-14/h5-7,9-11H,3-4,8H2,1-2H3,(H,21,22). The summed E-state index contributed by atoms with van der Waals surface area (Å²) in [6, 6.07) is 11.1. The van der Waals surface area contributed by atoms with Crippen molar-refractivity contribution in [2.75, 3.05) is 18.5 Å². The molecule has 0 bridgehead atoms. The van der Waals surface area contributed by atoms with Crippen molar-refractivity contribution < 1.29 is 14.3 Å². The van der Waals surface area contributed by atoms with Crippen LogP contribution in [0.15, 0.2) is 40.9 Å². The fourth-order valence-corrected chi connectivity index (χ4v) is 3.18. The molecule has 0 radical (unpaired) electrons. The predicted molar refractivity (Wildman–Crippen MR) is 108 cm³/mol. The Bertz CT molecular complexity index is 721. The zero-order valence-electron chi connectivity index (χ0n) is 13.6. The van der Waals surface area contributed by atoms with Crippen molar-refractivity contribution in [1.82, 2.24) is 0 Å². The van der Waals surface area contributed by atoms with Crippen LogP contribution >= 0.6 is 38.5 Å². The van der Waals surface area contributed by atoms with Gasteiger partial charge in [0.05, 0.1) is 17.7 Å². The van der Waals surface area contributed by atoms with Crippen LogP contribution in [0.25, 0.3) is 0 Å². The highest BCUT2D eigenvalue weighted by Crippen LogP contribution is 2.37. The number of carbonyl (C=O) groups is 1. The van der Waals surface area contributed by atoms with E-state index in [1.54, 1.807) is 12.1 Å². The summed E-state index contributed by atoms with van der Waals surface area (Å²) in [6.07, 6.45) is 0.896. The maximum Gasteiger partial charge on any atom is 0.255 e. The van der Waals surface area contributed by atoms with Gasteiger partial charge in [-0.3, -0.25) is 4.79 Å². The first-order chi connectivity index (χ1) is 11.5. The smallest absolute Gasteiger partial charge is 0.255 e. The molecule has 0 fully saturated rings. The van der Waals surface area contributed by atoms with Crippen LogP contribution in [0.2, 0.25) is 0 Å². The van der Waals surface area contributed by atoms with Gasteiger partial charge in [-0.2, -0.15) is 0 Å². The number of hydrogen-bond acceptors (Lipinski definition) is 3. The lowest BCUT2D eigenvalue weighted by Gasteiger charge is -2.15. The van der Waals surface area contributed by atoms with Crippen molar-refractivity contribution >= 4 is 50.1 Å². The first-order valence-corrected chi connectivity index (χ1v) is 9.58. The molecule has 128 valence electrons. The molecule has 2 aromatic carbocycles. The van der Waals surface area contributed by atoms with Gasteiger partial charge in [-0.15, -0.1) is 0 Å². The number of benzene rings is 2. The Morgan fingerprint density at radius 3 is 2.67 bits per heavy atom. The molecule has 2 rings (SSSR count). The average molecular weight is 504 g/mol. The zero-order valence-corrected chi connectivity index (χ0v) is 17.3. The average Bonchev–Trinajstić information content (AvgIpc) is 2.54. The van der Waals surface area contributed by atoms with Crippen LogP contribution in [0.5, 0.6) is 11.5 Å². The number of ether oxygens (including phenoxy) is 2. The normalized spacial score (nSPS) is 10.3. The Kier molecular flexibility index (Phi) is 7.36. The molecular weight excluding hydrogens is 485 g/mol. The summed E-state index contributed by atoms with van der Waals surface area (Å²) in [5.41, 5.74) is 1.26. The molecule has 0 aliphatic rings. The van der Waals surface area contributed by atoms with Crippen molar-refractivity contribution in [3.63, 3.8) is 0 Å². The van der Waals surface area contributed by atoms with Gasteiger partial charge in [-0.25, -0.2) is 0 Å². The molecule has 1 N–H and O–H groups in total. The van der Waals surface area contributed by atoms with E-state index >= 15 is 0 Å². The Balaban J connectivity index is 2.27. The van der Waals surface area contributed by atoms with Crippen LogP contribution < -0.4 is 14.8 Å². The Morgan fingerprint density at radius 1 is 1.21 bits per heavy atom. The van der Waals surface area contributed by atoms with E-state index in [1.165, 1.54) is 0 Å². The fraction of sp³-hybridized carbons (Fsp3) is 0.278. The Labute approximate surface area is 164 Å². The van der Waals surface area contributed by atoms with Crippen LogP contribution in [-0.2, 0) is 0 Å². The molecule has 24 heavy (non-hydrogen) atoms. The molecule has 0 atom stereocenters. The van der Waals surface area contributed by atoms with Crippen LogP contribution in [0.4, 0.5) is 5.69 Å². The van der Waals surface area contributed by atoms with Crippen molar-refractivity contribution in [3.8, 4) is 11.5 Å². The summed E-state index contributed by atoms with van der Waals surface area (Å²) >= 11 is 5.69. The highest BCUT2D eigenvalue weighted by molar-refractivity contribution is 14.1. The molecule has 0 spiro atoms. The van der Waals surface area contributed by atoms with E-state index in [0.29, 0.717) is 34.7 Å². The lowest BCUT2D eigenvalue weighted by atomic mass is 10.1. The minimum Gasteiger partial charge on any atom is -0.490 e. The largest absolute Gasteiger partial charge is 0.490 e. The topological polar surface area (TPSA) is 47.6 Å².